The molecule has 5 heterocycles. The average molecular weight is 342 g/mol. The summed E-state index contributed by atoms with van der Waals surface area (Å²) in [6.45, 7) is 0. The van der Waals surface area contributed by atoms with Gasteiger partial charge < -0.3 is 0 Å². The van der Waals surface area contributed by atoms with E-state index in [0.717, 1.165) is 4.57 Å². The molecule has 0 aliphatic rings. The highest BCUT2D eigenvalue weighted by molar-refractivity contribution is 5.91. The molecule has 0 atom stereocenters. The molecule has 0 fully saturated rings. The molecule has 0 aromatic carbocycles. The Bertz CT molecular complexity index is 1430. The van der Waals surface area contributed by atoms with Gasteiger partial charge in [-0.25, -0.2) is 14.6 Å². The molecule has 124 valence electrons. The van der Waals surface area contributed by atoms with Crippen LogP contribution in [0.1, 0.15) is 0 Å². The molecule has 0 saturated heterocycles. The summed E-state index contributed by atoms with van der Waals surface area (Å²) < 4.78 is 2.28. The van der Waals surface area contributed by atoms with E-state index in [9.17, 15) is 9.59 Å². The Kier molecular flexibility index (Phi) is 2.93. The fourth-order valence-corrected chi connectivity index (χ4v) is 3.03. The van der Waals surface area contributed by atoms with E-state index >= 15 is 0 Å². The molecular formula is C18H10N6O2. The first kappa shape index (κ1) is 14.4. The molecule has 0 bridgehead atoms. The van der Waals surface area contributed by atoms with Crippen molar-refractivity contribution in [2.75, 3.05) is 0 Å². The highest BCUT2D eigenvalue weighted by Crippen LogP contribution is 2.17. The lowest BCUT2D eigenvalue weighted by Crippen LogP contribution is -2.38. The Morgan fingerprint density at radius 3 is 2.31 bits per heavy atom. The molecule has 5 aromatic heterocycles. The van der Waals surface area contributed by atoms with Crippen molar-refractivity contribution >= 4 is 27.5 Å². The minimum atomic E-state index is -0.699. The maximum absolute atomic E-state index is 13.0. The van der Waals surface area contributed by atoms with Crippen LogP contribution in [-0.4, -0.2) is 28.9 Å². The van der Waals surface area contributed by atoms with Crippen LogP contribution < -0.4 is 11.4 Å². The minimum Gasteiger partial charge on any atom is -0.256 e. The van der Waals surface area contributed by atoms with Crippen molar-refractivity contribution in [3.05, 3.63) is 82.2 Å². The Labute approximate surface area is 145 Å². The standard InChI is InChI=1S/C18H10N6O2/c25-17-22-16-12-4-2-8-20-14(12)6-10-23(16)18(26)24(17)15-11-3-1-7-19-13(11)5-9-21-15/h1-10H. The second kappa shape index (κ2) is 5.28. The van der Waals surface area contributed by atoms with E-state index < -0.39 is 11.4 Å². The zero-order valence-electron chi connectivity index (χ0n) is 13.3. The van der Waals surface area contributed by atoms with Gasteiger partial charge in [0.15, 0.2) is 11.5 Å². The van der Waals surface area contributed by atoms with Crippen LogP contribution in [-0.2, 0) is 0 Å². The zero-order chi connectivity index (χ0) is 17.7. The van der Waals surface area contributed by atoms with Crippen LogP contribution in [0.15, 0.2) is 70.8 Å². The first-order chi connectivity index (χ1) is 12.7. The first-order valence-electron chi connectivity index (χ1n) is 7.83. The third-order valence-electron chi connectivity index (χ3n) is 4.20. The van der Waals surface area contributed by atoms with Gasteiger partial charge >= 0.3 is 11.4 Å². The van der Waals surface area contributed by atoms with Gasteiger partial charge in [-0.15, -0.1) is 0 Å². The van der Waals surface area contributed by atoms with Crippen molar-refractivity contribution < 1.29 is 0 Å². The van der Waals surface area contributed by atoms with Crippen LogP contribution in [0.2, 0.25) is 0 Å². The van der Waals surface area contributed by atoms with Gasteiger partial charge in [-0.05, 0) is 36.4 Å². The molecule has 8 heteroatoms. The van der Waals surface area contributed by atoms with Crippen molar-refractivity contribution in [3.63, 3.8) is 0 Å². The van der Waals surface area contributed by atoms with Gasteiger partial charge in [-0.1, -0.05) is 0 Å². The van der Waals surface area contributed by atoms with Gasteiger partial charge in [0.05, 0.1) is 11.0 Å². The SMILES string of the molecule is O=c1nc2c3cccnc3ccn2c(=O)n1-c1nccc2ncccc12. The zero-order valence-corrected chi connectivity index (χ0v) is 13.3. The summed E-state index contributed by atoms with van der Waals surface area (Å²) >= 11 is 0. The third kappa shape index (κ3) is 1.95. The van der Waals surface area contributed by atoms with Crippen molar-refractivity contribution in [3.8, 4) is 5.82 Å². The molecule has 8 nitrogen and oxygen atoms in total. The molecule has 0 N–H and O–H groups in total. The Hall–Kier alpha value is -3.94. The number of aromatic nitrogens is 6. The van der Waals surface area contributed by atoms with Gasteiger partial charge in [0.25, 0.3) is 0 Å². The van der Waals surface area contributed by atoms with E-state index in [0.29, 0.717) is 21.8 Å². The van der Waals surface area contributed by atoms with E-state index in [1.807, 2.05) is 0 Å². The first-order valence-corrected chi connectivity index (χ1v) is 7.83. The van der Waals surface area contributed by atoms with Crippen LogP contribution in [0.3, 0.4) is 0 Å². The summed E-state index contributed by atoms with van der Waals surface area (Å²) in [6.07, 6.45) is 6.35. The molecule has 0 amide bonds. The number of hydrogen-bond donors (Lipinski definition) is 0. The number of fused-ring (bicyclic) bond motifs is 4. The number of nitrogens with zero attached hydrogens (tertiary/aromatic N) is 6. The van der Waals surface area contributed by atoms with E-state index in [1.165, 1.54) is 10.6 Å². The van der Waals surface area contributed by atoms with Gasteiger partial charge in [-0.3, -0.25) is 14.4 Å². The smallest absolute Gasteiger partial charge is 0.256 e. The molecule has 0 spiro atoms. The number of pyridine rings is 4. The van der Waals surface area contributed by atoms with E-state index in [1.54, 1.807) is 55.0 Å². The van der Waals surface area contributed by atoms with E-state index in [-0.39, 0.29) is 11.5 Å². The lowest BCUT2D eigenvalue weighted by Gasteiger charge is -2.09. The normalized spacial score (nSPS) is 11.4. The number of hydrogen-bond acceptors (Lipinski definition) is 6. The van der Waals surface area contributed by atoms with Crippen LogP contribution in [0.25, 0.3) is 33.3 Å². The fraction of sp³-hybridized carbons (Fsp3) is 0. The summed E-state index contributed by atoms with van der Waals surface area (Å²) in [6, 6.07) is 10.4. The lowest BCUT2D eigenvalue weighted by atomic mass is 10.2. The molecule has 5 rings (SSSR count). The second-order valence-electron chi connectivity index (χ2n) is 5.66. The van der Waals surface area contributed by atoms with Crippen LogP contribution in [0.5, 0.6) is 0 Å². The van der Waals surface area contributed by atoms with Gasteiger partial charge in [0, 0.05) is 35.6 Å². The van der Waals surface area contributed by atoms with E-state index in [2.05, 4.69) is 19.9 Å². The van der Waals surface area contributed by atoms with Crippen molar-refractivity contribution in [1.29, 1.82) is 0 Å². The molecule has 0 aliphatic carbocycles. The Morgan fingerprint density at radius 1 is 0.769 bits per heavy atom. The largest absolute Gasteiger partial charge is 0.359 e. The third-order valence-corrected chi connectivity index (χ3v) is 4.20. The summed E-state index contributed by atoms with van der Waals surface area (Å²) in [5.41, 5.74) is 0.311. The van der Waals surface area contributed by atoms with Crippen molar-refractivity contribution in [2.45, 2.75) is 0 Å². The van der Waals surface area contributed by atoms with E-state index in [4.69, 9.17) is 0 Å². The Balaban J connectivity index is 1.94. The molecular weight excluding hydrogens is 332 g/mol. The summed E-state index contributed by atoms with van der Waals surface area (Å²) in [5.74, 6) is 0.207. The highest BCUT2D eigenvalue weighted by atomic mass is 16.2. The molecule has 0 radical (unpaired) electrons. The average Bonchev–Trinajstić information content (AvgIpc) is 2.68. The molecule has 0 aliphatic heterocycles. The van der Waals surface area contributed by atoms with Gasteiger partial charge in [0.1, 0.15) is 0 Å². The monoisotopic (exact) mass is 342 g/mol. The van der Waals surface area contributed by atoms with Crippen molar-refractivity contribution in [2.24, 2.45) is 0 Å². The molecule has 0 saturated carbocycles. The van der Waals surface area contributed by atoms with Gasteiger partial charge in [0.2, 0.25) is 0 Å². The molecule has 0 unspecified atom stereocenters. The molecule has 5 aromatic rings. The summed E-state index contributed by atoms with van der Waals surface area (Å²) in [7, 11) is 0. The Morgan fingerprint density at radius 2 is 1.50 bits per heavy atom. The topological polar surface area (TPSA) is 95.0 Å². The van der Waals surface area contributed by atoms with Crippen LogP contribution in [0, 0.1) is 0 Å². The predicted octanol–water partition coefficient (Wildman–Crippen LogP) is 1.34. The highest BCUT2D eigenvalue weighted by Gasteiger charge is 2.15. The van der Waals surface area contributed by atoms with Crippen LogP contribution >= 0.6 is 0 Å². The molecule has 26 heavy (non-hydrogen) atoms. The maximum atomic E-state index is 13.0. The predicted molar refractivity (Wildman–Crippen MR) is 95.5 cm³/mol. The summed E-state index contributed by atoms with van der Waals surface area (Å²) in [5, 5.41) is 1.22. The van der Waals surface area contributed by atoms with Crippen LogP contribution in [0.4, 0.5) is 0 Å². The quantitative estimate of drug-likeness (QED) is 0.427. The summed E-state index contributed by atoms with van der Waals surface area (Å²) in [4.78, 5) is 42.5. The number of rotatable bonds is 1. The van der Waals surface area contributed by atoms with Crippen molar-refractivity contribution in [1.82, 2.24) is 28.9 Å². The fourth-order valence-electron chi connectivity index (χ4n) is 3.03. The second-order valence-corrected chi connectivity index (χ2v) is 5.66. The maximum Gasteiger partial charge on any atom is 0.359 e. The minimum absolute atomic E-state index is 0.207. The van der Waals surface area contributed by atoms with Gasteiger partial charge in [-0.2, -0.15) is 9.55 Å². The lowest BCUT2D eigenvalue weighted by molar-refractivity contribution is 0.784.